The van der Waals surface area contributed by atoms with Crippen LogP contribution in [0.2, 0.25) is 0 Å². The van der Waals surface area contributed by atoms with Crippen LogP contribution >= 0.6 is 0 Å². The lowest BCUT2D eigenvalue weighted by Gasteiger charge is -2.47. The molecule has 0 bridgehead atoms. The average Bonchev–Trinajstić information content (AvgIpc) is 2.52. The molecule has 0 spiro atoms. The number of fused-ring (bicyclic) bond motifs is 3. The Labute approximate surface area is 140 Å². The molecule has 1 aliphatic heterocycles. The summed E-state index contributed by atoms with van der Waals surface area (Å²) in [4.78, 5) is 0. The number of ether oxygens (including phenoxy) is 2. The van der Waals surface area contributed by atoms with Gasteiger partial charge in [-0.3, -0.25) is 0 Å². The molecule has 0 N–H and O–H groups in total. The predicted molar refractivity (Wildman–Crippen MR) is 95.5 cm³/mol. The van der Waals surface area contributed by atoms with E-state index >= 15 is 0 Å². The van der Waals surface area contributed by atoms with Gasteiger partial charge in [0.25, 0.3) is 0 Å². The minimum absolute atomic E-state index is 0.170. The van der Waals surface area contributed by atoms with E-state index in [-0.39, 0.29) is 11.5 Å². The summed E-state index contributed by atoms with van der Waals surface area (Å²) < 4.78 is 12.2. The molecule has 124 valence electrons. The smallest absolute Gasteiger partial charge is 0.131 e. The van der Waals surface area contributed by atoms with Crippen molar-refractivity contribution in [1.29, 1.82) is 0 Å². The molecule has 2 aliphatic rings. The number of rotatable bonds is 3. The van der Waals surface area contributed by atoms with Gasteiger partial charge >= 0.3 is 0 Å². The number of benzene rings is 1. The SMILES string of the molecule is C=CC(C)c1c(OC)ccc2c1OC(C)(C)C1CCC(C)=CC21. The Morgan fingerprint density at radius 2 is 2.13 bits per heavy atom. The van der Waals surface area contributed by atoms with Gasteiger partial charge in [-0.05, 0) is 39.7 Å². The van der Waals surface area contributed by atoms with Crippen molar-refractivity contribution in [1.82, 2.24) is 0 Å². The maximum atomic E-state index is 6.56. The molecule has 1 aliphatic carbocycles. The zero-order valence-electron chi connectivity index (χ0n) is 15.0. The van der Waals surface area contributed by atoms with Gasteiger partial charge in [0, 0.05) is 28.9 Å². The zero-order valence-corrected chi connectivity index (χ0v) is 15.0. The number of hydrogen-bond acceptors (Lipinski definition) is 2. The molecule has 3 unspecified atom stereocenters. The van der Waals surface area contributed by atoms with Gasteiger partial charge in [-0.2, -0.15) is 0 Å². The van der Waals surface area contributed by atoms with E-state index in [1.165, 1.54) is 24.0 Å². The quantitative estimate of drug-likeness (QED) is 0.677. The molecule has 0 aromatic heterocycles. The Hall–Kier alpha value is -1.70. The van der Waals surface area contributed by atoms with Crippen molar-refractivity contribution in [3.63, 3.8) is 0 Å². The number of hydrogen-bond donors (Lipinski definition) is 0. The maximum Gasteiger partial charge on any atom is 0.131 e. The zero-order chi connectivity index (χ0) is 16.8. The summed E-state index contributed by atoms with van der Waals surface area (Å²) in [5.41, 5.74) is 3.75. The lowest BCUT2D eigenvalue weighted by atomic mass is 9.67. The molecule has 2 heteroatoms. The van der Waals surface area contributed by atoms with Crippen molar-refractivity contribution >= 4 is 0 Å². The van der Waals surface area contributed by atoms with Crippen LogP contribution in [0.1, 0.15) is 63.5 Å². The summed E-state index contributed by atoms with van der Waals surface area (Å²) in [6.07, 6.45) is 6.78. The third-order valence-electron chi connectivity index (χ3n) is 5.58. The normalized spacial score (nSPS) is 26.2. The highest BCUT2D eigenvalue weighted by molar-refractivity contribution is 5.57. The van der Waals surface area contributed by atoms with Crippen LogP contribution in [0.3, 0.4) is 0 Å². The molecular weight excluding hydrogens is 284 g/mol. The van der Waals surface area contributed by atoms with Crippen molar-refractivity contribution in [2.45, 2.75) is 58.0 Å². The van der Waals surface area contributed by atoms with Crippen molar-refractivity contribution < 1.29 is 9.47 Å². The Kier molecular flexibility index (Phi) is 4.03. The highest BCUT2D eigenvalue weighted by Crippen LogP contribution is 2.54. The number of methoxy groups -OCH3 is 1. The molecule has 3 rings (SSSR count). The van der Waals surface area contributed by atoms with E-state index in [1.807, 2.05) is 6.08 Å². The standard InChI is InChI=1S/C21H28O2/c1-7-14(3)19-18(22-6)11-9-15-16-12-13(2)8-10-17(16)21(4,5)23-20(15)19/h7,9,11-12,14,16-17H,1,8,10H2,2-6H3. The maximum absolute atomic E-state index is 6.56. The third-order valence-corrected chi connectivity index (χ3v) is 5.58. The molecule has 1 aromatic rings. The Balaban J connectivity index is 2.23. The van der Waals surface area contributed by atoms with Gasteiger partial charge in [-0.15, -0.1) is 6.58 Å². The van der Waals surface area contributed by atoms with E-state index < -0.39 is 0 Å². The summed E-state index contributed by atoms with van der Waals surface area (Å²) in [6.45, 7) is 12.8. The lowest BCUT2D eigenvalue weighted by molar-refractivity contribution is 0.0103. The topological polar surface area (TPSA) is 18.5 Å². The predicted octanol–water partition coefficient (Wildman–Crippen LogP) is 5.60. The molecule has 0 saturated carbocycles. The fourth-order valence-corrected chi connectivity index (χ4v) is 4.20. The first-order chi connectivity index (χ1) is 10.9. The first kappa shape index (κ1) is 16.2. The van der Waals surface area contributed by atoms with Crippen LogP contribution in [0.4, 0.5) is 0 Å². The lowest BCUT2D eigenvalue weighted by Crippen LogP contribution is -2.45. The van der Waals surface area contributed by atoms with Crippen molar-refractivity contribution in [2.24, 2.45) is 5.92 Å². The summed E-state index contributed by atoms with van der Waals surface area (Å²) in [5, 5.41) is 0. The molecule has 0 fully saturated rings. The molecular formula is C21H28O2. The molecule has 3 atom stereocenters. The summed E-state index contributed by atoms with van der Waals surface area (Å²) in [6, 6.07) is 4.28. The van der Waals surface area contributed by atoms with Gasteiger partial charge < -0.3 is 9.47 Å². The van der Waals surface area contributed by atoms with Crippen LogP contribution in [0, 0.1) is 5.92 Å². The molecule has 1 aromatic carbocycles. The summed E-state index contributed by atoms with van der Waals surface area (Å²) in [5.74, 6) is 3.06. The molecule has 0 radical (unpaired) electrons. The van der Waals surface area contributed by atoms with Gasteiger partial charge in [-0.1, -0.05) is 30.7 Å². The molecule has 23 heavy (non-hydrogen) atoms. The average molecular weight is 312 g/mol. The van der Waals surface area contributed by atoms with E-state index in [1.54, 1.807) is 7.11 Å². The van der Waals surface area contributed by atoms with Crippen LogP contribution in [-0.2, 0) is 0 Å². The van der Waals surface area contributed by atoms with Gasteiger partial charge in [0.05, 0.1) is 7.11 Å². The van der Waals surface area contributed by atoms with Gasteiger partial charge in [0.1, 0.15) is 17.1 Å². The second-order valence-electron chi connectivity index (χ2n) is 7.51. The van der Waals surface area contributed by atoms with Crippen LogP contribution < -0.4 is 9.47 Å². The van der Waals surface area contributed by atoms with E-state index in [0.29, 0.717) is 11.8 Å². The van der Waals surface area contributed by atoms with Gasteiger partial charge in [0.2, 0.25) is 0 Å². The second kappa shape index (κ2) is 5.74. The Morgan fingerprint density at radius 1 is 1.39 bits per heavy atom. The Morgan fingerprint density at radius 3 is 2.78 bits per heavy atom. The minimum Gasteiger partial charge on any atom is -0.496 e. The van der Waals surface area contributed by atoms with Crippen molar-refractivity contribution in [3.05, 3.63) is 47.6 Å². The van der Waals surface area contributed by atoms with Crippen molar-refractivity contribution in [2.75, 3.05) is 7.11 Å². The summed E-state index contributed by atoms with van der Waals surface area (Å²) >= 11 is 0. The minimum atomic E-state index is -0.170. The first-order valence-corrected chi connectivity index (χ1v) is 8.58. The summed E-state index contributed by atoms with van der Waals surface area (Å²) in [7, 11) is 1.72. The van der Waals surface area contributed by atoms with E-state index in [9.17, 15) is 0 Å². The molecule has 0 amide bonds. The van der Waals surface area contributed by atoms with Crippen LogP contribution in [-0.4, -0.2) is 12.7 Å². The fraction of sp³-hybridized carbons (Fsp3) is 0.524. The monoisotopic (exact) mass is 312 g/mol. The first-order valence-electron chi connectivity index (χ1n) is 8.58. The molecule has 0 saturated heterocycles. The van der Waals surface area contributed by atoms with E-state index in [4.69, 9.17) is 9.47 Å². The highest BCUT2D eigenvalue weighted by Gasteiger charge is 2.45. The second-order valence-corrected chi connectivity index (χ2v) is 7.51. The molecule has 1 heterocycles. The molecule has 2 nitrogen and oxygen atoms in total. The highest BCUT2D eigenvalue weighted by atomic mass is 16.5. The van der Waals surface area contributed by atoms with Crippen LogP contribution in [0.15, 0.2) is 36.4 Å². The Bertz CT molecular complexity index is 654. The van der Waals surface area contributed by atoms with Gasteiger partial charge in [0.15, 0.2) is 0 Å². The number of allylic oxidation sites excluding steroid dienone is 3. The van der Waals surface area contributed by atoms with Gasteiger partial charge in [-0.25, -0.2) is 0 Å². The third kappa shape index (κ3) is 2.58. The van der Waals surface area contributed by atoms with Crippen molar-refractivity contribution in [3.8, 4) is 11.5 Å². The van der Waals surface area contributed by atoms with Crippen LogP contribution in [0.5, 0.6) is 11.5 Å². The van der Waals surface area contributed by atoms with E-state index in [0.717, 1.165) is 17.1 Å². The largest absolute Gasteiger partial charge is 0.496 e. The fourth-order valence-electron chi connectivity index (χ4n) is 4.20. The van der Waals surface area contributed by atoms with E-state index in [2.05, 4.69) is 52.5 Å². The van der Waals surface area contributed by atoms with Crippen LogP contribution in [0.25, 0.3) is 0 Å².